The number of sulfonamides is 1. The third-order valence-corrected chi connectivity index (χ3v) is 4.63. The molecule has 5 nitrogen and oxygen atoms in total. The highest BCUT2D eigenvalue weighted by Gasteiger charge is 2.24. The lowest BCUT2D eigenvalue weighted by molar-refractivity contribution is -0.120. The highest BCUT2D eigenvalue weighted by Crippen LogP contribution is 2.19. The van der Waals surface area contributed by atoms with Crippen LogP contribution in [0.1, 0.15) is 18.4 Å². The van der Waals surface area contributed by atoms with Crippen molar-refractivity contribution < 1.29 is 13.2 Å². The van der Waals surface area contributed by atoms with Gasteiger partial charge in [-0.2, -0.15) is 0 Å². The molecule has 0 saturated heterocycles. The summed E-state index contributed by atoms with van der Waals surface area (Å²) in [6, 6.07) is 4.63. The molecule has 7 heteroatoms. The van der Waals surface area contributed by atoms with E-state index in [0.717, 1.165) is 12.8 Å². The van der Waals surface area contributed by atoms with Gasteiger partial charge in [-0.25, -0.2) is 13.1 Å². The number of rotatable bonds is 5. The summed E-state index contributed by atoms with van der Waals surface area (Å²) in [5.74, 6) is -0.309. The zero-order valence-electron chi connectivity index (χ0n) is 10.4. The van der Waals surface area contributed by atoms with E-state index in [4.69, 9.17) is 11.6 Å². The molecule has 1 aromatic rings. The molecule has 1 fully saturated rings. The number of carbonyl (C=O) groups excluding carboxylic acids is 1. The summed E-state index contributed by atoms with van der Waals surface area (Å²) in [5.41, 5.74) is 0.673. The predicted octanol–water partition coefficient (Wildman–Crippen LogP) is 1.21. The fraction of sp³-hybridized carbons (Fsp3) is 0.417. The van der Waals surface area contributed by atoms with E-state index in [-0.39, 0.29) is 23.4 Å². The Bertz CT molecular complexity index is 597. The summed E-state index contributed by atoms with van der Waals surface area (Å²) >= 11 is 5.84. The number of hydrogen-bond donors (Lipinski definition) is 2. The maximum absolute atomic E-state index is 12.0. The Morgan fingerprint density at radius 2 is 2.11 bits per heavy atom. The molecule has 0 aliphatic heterocycles. The van der Waals surface area contributed by atoms with E-state index in [9.17, 15) is 13.2 Å². The van der Waals surface area contributed by atoms with Gasteiger partial charge in [0.05, 0.1) is 11.4 Å². The van der Waals surface area contributed by atoms with Crippen molar-refractivity contribution in [1.82, 2.24) is 10.0 Å². The summed E-state index contributed by atoms with van der Waals surface area (Å²) in [6.45, 7) is 1.47. The molecule has 1 aliphatic rings. The second-order valence-corrected chi connectivity index (χ2v) is 6.75. The average molecular weight is 303 g/mol. The Hall–Kier alpha value is -1.11. The molecule has 1 saturated carbocycles. The van der Waals surface area contributed by atoms with Crippen LogP contribution in [0.4, 0.5) is 0 Å². The van der Waals surface area contributed by atoms with Crippen molar-refractivity contribution in [3.63, 3.8) is 0 Å². The lowest BCUT2D eigenvalue weighted by atomic mass is 10.2. The normalized spacial score (nSPS) is 15.3. The van der Waals surface area contributed by atoms with Crippen molar-refractivity contribution in [2.45, 2.75) is 30.7 Å². The summed E-state index contributed by atoms with van der Waals surface area (Å²) < 4.78 is 26.2. The highest BCUT2D eigenvalue weighted by molar-refractivity contribution is 7.89. The minimum absolute atomic E-state index is 0.105. The Balaban J connectivity index is 2.00. The van der Waals surface area contributed by atoms with Gasteiger partial charge >= 0.3 is 0 Å². The molecule has 1 aliphatic carbocycles. The summed E-state index contributed by atoms with van der Waals surface area (Å²) in [4.78, 5) is 11.5. The first-order chi connectivity index (χ1) is 8.88. The number of carbonyl (C=O) groups is 1. The first-order valence-electron chi connectivity index (χ1n) is 5.94. The Labute approximate surface area is 117 Å². The molecule has 0 bridgehead atoms. The second-order valence-electron chi connectivity index (χ2n) is 4.58. The summed E-state index contributed by atoms with van der Waals surface area (Å²) in [5, 5.41) is 3.22. The maximum atomic E-state index is 12.0. The smallest absolute Gasteiger partial charge is 0.241 e. The Morgan fingerprint density at radius 3 is 2.68 bits per heavy atom. The van der Waals surface area contributed by atoms with Gasteiger partial charge in [-0.15, -0.1) is 0 Å². The minimum atomic E-state index is -3.68. The van der Waals surface area contributed by atoms with E-state index >= 15 is 0 Å². The Kier molecular flexibility index (Phi) is 4.13. The van der Waals surface area contributed by atoms with E-state index < -0.39 is 10.0 Å². The molecule has 2 rings (SSSR count). The van der Waals surface area contributed by atoms with Gasteiger partial charge in [-0.1, -0.05) is 11.6 Å². The van der Waals surface area contributed by atoms with E-state index in [1.165, 1.54) is 18.2 Å². The van der Waals surface area contributed by atoms with Crippen LogP contribution < -0.4 is 10.0 Å². The molecule has 1 aromatic carbocycles. The minimum Gasteiger partial charge on any atom is -0.352 e. The lowest BCUT2D eigenvalue weighted by Gasteiger charge is -2.08. The molecule has 2 N–H and O–H groups in total. The van der Waals surface area contributed by atoms with Gasteiger partial charge in [-0.05, 0) is 43.5 Å². The molecule has 0 unspecified atom stereocenters. The van der Waals surface area contributed by atoms with Crippen molar-refractivity contribution in [1.29, 1.82) is 0 Å². The fourth-order valence-electron chi connectivity index (χ4n) is 1.53. The molecule has 0 spiro atoms. The molecule has 0 atom stereocenters. The van der Waals surface area contributed by atoms with Crippen LogP contribution in [0.2, 0.25) is 5.02 Å². The monoisotopic (exact) mass is 302 g/mol. The van der Waals surface area contributed by atoms with Crippen LogP contribution in [0.5, 0.6) is 0 Å². The first-order valence-corrected chi connectivity index (χ1v) is 7.80. The molecule has 0 heterocycles. The van der Waals surface area contributed by atoms with Crippen molar-refractivity contribution in [2.24, 2.45) is 0 Å². The zero-order valence-corrected chi connectivity index (χ0v) is 12.0. The molecule has 0 aromatic heterocycles. The molecular formula is C12H15ClN2O3S. The third kappa shape index (κ3) is 3.92. The number of aryl methyl sites for hydroxylation is 1. The largest absolute Gasteiger partial charge is 0.352 e. The average Bonchev–Trinajstić information content (AvgIpc) is 3.14. The zero-order chi connectivity index (χ0) is 14.0. The molecule has 104 valence electrons. The van der Waals surface area contributed by atoms with Gasteiger partial charge in [0.1, 0.15) is 0 Å². The van der Waals surface area contributed by atoms with Crippen molar-refractivity contribution in [2.75, 3.05) is 6.54 Å². The van der Waals surface area contributed by atoms with Crippen molar-refractivity contribution in [3.05, 3.63) is 28.8 Å². The number of hydrogen-bond acceptors (Lipinski definition) is 3. The van der Waals surface area contributed by atoms with Crippen molar-refractivity contribution in [3.8, 4) is 0 Å². The van der Waals surface area contributed by atoms with Gasteiger partial charge < -0.3 is 5.32 Å². The number of amides is 1. The van der Waals surface area contributed by atoms with Gasteiger partial charge in [0.15, 0.2) is 0 Å². The van der Waals surface area contributed by atoms with Crippen LogP contribution in [0, 0.1) is 6.92 Å². The van der Waals surface area contributed by atoms with Crippen LogP contribution >= 0.6 is 11.6 Å². The van der Waals surface area contributed by atoms with Gasteiger partial charge in [0.2, 0.25) is 15.9 Å². The molecule has 1 amide bonds. The van der Waals surface area contributed by atoms with Crippen LogP contribution in [0.15, 0.2) is 23.1 Å². The maximum Gasteiger partial charge on any atom is 0.241 e. The standard InChI is InChI=1S/C12H15ClN2O3S/c1-8-6-10(4-5-11(8)13)19(17,18)14-7-12(16)15-9-2-3-9/h4-6,9,14H,2-3,7H2,1H3,(H,15,16). The topological polar surface area (TPSA) is 75.3 Å². The van der Waals surface area contributed by atoms with Crippen LogP contribution in [0.3, 0.4) is 0 Å². The fourth-order valence-corrected chi connectivity index (χ4v) is 2.72. The molecular weight excluding hydrogens is 288 g/mol. The number of benzene rings is 1. The van der Waals surface area contributed by atoms with Crippen LogP contribution in [-0.4, -0.2) is 26.9 Å². The number of halogens is 1. The van der Waals surface area contributed by atoms with Crippen molar-refractivity contribution >= 4 is 27.5 Å². The highest BCUT2D eigenvalue weighted by atomic mass is 35.5. The third-order valence-electron chi connectivity index (χ3n) is 2.80. The first kappa shape index (κ1) is 14.3. The number of nitrogens with one attached hydrogen (secondary N) is 2. The van der Waals surface area contributed by atoms with Crippen LogP contribution in [-0.2, 0) is 14.8 Å². The van der Waals surface area contributed by atoms with E-state index in [1.54, 1.807) is 6.92 Å². The van der Waals surface area contributed by atoms with E-state index in [2.05, 4.69) is 10.0 Å². The van der Waals surface area contributed by atoms with Gasteiger partial charge in [0.25, 0.3) is 0 Å². The van der Waals surface area contributed by atoms with Gasteiger partial charge in [-0.3, -0.25) is 4.79 Å². The SMILES string of the molecule is Cc1cc(S(=O)(=O)NCC(=O)NC2CC2)ccc1Cl. The van der Waals surface area contributed by atoms with Gasteiger partial charge in [0, 0.05) is 11.1 Å². The predicted molar refractivity (Wildman–Crippen MR) is 72.5 cm³/mol. The van der Waals surface area contributed by atoms with E-state index in [0.29, 0.717) is 10.6 Å². The second kappa shape index (κ2) is 5.48. The summed E-state index contributed by atoms with van der Waals surface area (Å²) in [7, 11) is -3.68. The van der Waals surface area contributed by atoms with Crippen LogP contribution in [0.25, 0.3) is 0 Å². The van der Waals surface area contributed by atoms with E-state index in [1.807, 2.05) is 0 Å². The lowest BCUT2D eigenvalue weighted by Crippen LogP contribution is -2.37. The summed E-state index contributed by atoms with van der Waals surface area (Å²) in [6.07, 6.45) is 1.93. The molecule has 19 heavy (non-hydrogen) atoms. The Morgan fingerprint density at radius 1 is 1.42 bits per heavy atom. The molecule has 0 radical (unpaired) electrons. The quantitative estimate of drug-likeness (QED) is 0.858.